The monoisotopic (exact) mass is 193 g/mol. The van der Waals surface area contributed by atoms with Gasteiger partial charge in [-0.3, -0.25) is 0 Å². The van der Waals surface area contributed by atoms with Gasteiger partial charge >= 0.3 is 0 Å². The first-order chi connectivity index (χ1) is 6.47. The molecule has 0 aromatic heterocycles. The van der Waals surface area contributed by atoms with Gasteiger partial charge in [-0.05, 0) is 25.8 Å². The summed E-state index contributed by atoms with van der Waals surface area (Å²) in [5, 5.41) is 4.18. The summed E-state index contributed by atoms with van der Waals surface area (Å²) < 4.78 is 0.628. The Morgan fingerprint density at radius 1 is 1.43 bits per heavy atom. The first-order valence-corrected chi connectivity index (χ1v) is 5.14. The van der Waals surface area contributed by atoms with Crippen LogP contribution >= 0.6 is 0 Å². The molecule has 1 aliphatic rings. The Morgan fingerprint density at radius 2 is 2.07 bits per heavy atom. The molecule has 1 atom stereocenters. The van der Waals surface area contributed by atoms with Crippen LogP contribution in [0, 0.1) is 0 Å². The van der Waals surface area contributed by atoms with Crippen molar-refractivity contribution in [2.45, 2.75) is 32.7 Å². The van der Waals surface area contributed by atoms with Crippen LogP contribution in [-0.2, 0) is 0 Å². The van der Waals surface area contributed by atoms with Gasteiger partial charge in [0.25, 0.3) is 0 Å². The summed E-state index contributed by atoms with van der Waals surface area (Å²) in [5.74, 6) is 0. The summed E-state index contributed by atoms with van der Waals surface area (Å²) in [6.07, 6.45) is 6.86. The van der Waals surface area contributed by atoms with Gasteiger partial charge in [-0.25, -0.2) is 0 Å². The van der Waals surface area contributed by atoms with E-state index in [4.69, 9.17) is 0 Å². The zero-order valence-electron chi connectivity index (χ0n) is 9.75. The zero-order chi connectivity index (χ0) is 10.8. The molecular weight excluding hydrogens is 172 g/mol. The van der Waals surface area contributed by atoms with Crippen LogP contribution < -0.4 is 0 Å². The summed E-state index contributed by atoms with van der Waals surface area (Å²) in [7, 11) is 4.21. The van der Waals surface area contributed by atoms with Crippen molar-refractivity contribution in [3.05, 3.63) is 23.3 Å². The lowest BCUT2D eigenvalue weighted by Crippen LogP contribution is -2.44. The van der Waals surface area contributed by atoms with Gasteiger partial charge in [-0.15, -0.1) is 0 Å². The topological polar surface area (TPSA) is 12.4 Å². The molecule has 0 aliphatic heterocycles. The van der Waals surface area contributed by atoms with Crippen molar-refractivity contribution in [1.82, 2.24) is 0 Å². The molecule has 0 fully saturated rings. The third-order valence-corrected chi connectivity index (χ3v) is 3.01. The molecule has 0 radical (unpaired) electrons. The second-order valence-corrected chi connectivity index (χ2v) is 4.55. The van der Waals surface area contributed by atoms with Gasteiger partial charge in [0, 0.05) is 13.1 Å². The predicted octanol–water partition coefficient (Wildman–Crippen LogP) is 2.73. The van der Waals surface area contributed by atoms with Crippen LogP contribution in [0.2, 0.25) is 0 Å². The van der Waals surface area contributed by atoms with Gasteiger partial charge in [0.2, 0.25) is 0 Å². The highest BCUT2D eigenvalue weighted by atomic mass is 15.6. The van der Waals surface area contributed by atoms with E-state index in [-0.39, 0.29) is 0 Å². The summed E-state index contributed by atoms with van der Waals surface area (Å²) in [4.78, 5) is 0. The third-order valence-electron chi connectivity index (χ3n) is 3.01. The van der Waals surface area contributed by atoms with Gasteiger partial charge in [0.05, 0.1) is 14.1 Å². The molecule has 0 heterocycles. The number of quaternary nitrogens is 1. The highest BCUT2D eigenvalue weighted by molar-refractivity contribution is 5.26. The van der Waals surface area contributed by atoms with Crippen molar-refractivity contribution in [1.29, 1.82) is 0 Å². The minimum absolute atomic E-state index is 0.473. The molecule has 0 spiro atoms. The quantitative estimate of drug-likeness (QED) is 0.363. The van der Waals surface area contributed by atoms with Crippen LogP contribution in [0.3, 0.4) is 0 Å². The van der Waals surface area contributed by atoms with Crippen molar-refractivity contribution >= 4 is 6.72 Å². The maximum Gasteiger partial charge on any atom is 0.135 e. The molecule has 0 saturated heterocycles. The molecule has 2 nitrogen and oxygen atoms in total. The molecule has 78 valence electrons. The predicted molar refractivity (Wildman–Crippen MR) is 62.2 cm³/mol. The lowest BCUT2D eigenvalue weighted by Gasteiger charge is -2.31. The van der Waals surface area contributed by atoms with Crippen LogP contribution in [0.15, 0.2) is 28.4 Å². The van der Waals surface area contributed by atoms with Crippen molar-refractivity contribution in [3.63, 3.8) is 0 Å². The van der Waals surface area contributed by atoms with E-state index >= 15 is 0 Å². The van der Waals surface area contributed by atoms with Gasteiger partial charge in [-0.1, -0.05) is 22.8 Å². The smallest absolute Gasteiger partial charge is 0.135 e. The second kappa shape index (κ2) is 4.09. The van der Waals surface area contributed by atoms with E-state index in [0.717, 1.165) is 12.8 Å². The van der Waals surface area contributed by atoms with Crippen LogP contribution in [0.5, 0.6) is 0 Å². The fourth-order valence-corrected chi connectivity index (χ4v) is 2.12. The Labute approximate surface area is 87.2 Å². The van der Waals surface area contributed by atoms with Crippen LogP contribution in [0.1, 0.15) is 26.7 Å². The molecule has 0 aromatic carbocycles. The Morgan fingerprint density at radius 3 is 2.64 bits per heavy atom. The first-order valence-electron chi connectivity index (χ1n) is 5.14. The SMILES string of the molecule is C=N[N+](C)(C)C1CCC=C(C)C=C1C. The highest BCUT2D eigenvalue weighted by Crippen LogP contribution is 2.25. The Balaban J connectivity index is 2.93. The molecule has 1 rings (SSSR count). The van der Waals surface area contributed by atoms with E-state index < -0.39 is 0 Å². The largest absolute Gasteiger partial charge is 0.197 e. The molecule has 0 aromatic rings. The summed E-state index contributed by atoms with van der Waals surface area (Å²) >= 11 is 0. The molecule has 0 saturated carbocycles. The van der Waals surface area contributed by atoms with Gasteiger partial charge in [-0.2, -0.15) is 4.59 Å². The normalized spacial score (nSPS) is 23.6. The highest BCUT2D eigenvalue weighted by Gasteiger charge is 2.29. The number of hydrogen-bond donors (Lipinski definition) is 0. The Hall–Kier alpha value is -0.890. The van der Waals surface area contributed by atoms with Crippen molar-refractivity contribution in [2.75, 3.05) is 14.1 Å². The lowest BCUT2D eigenvalue weighted by molar-refractivity contribution is -0.916. The van der Waals surface area contributed by atoms with Crippen molar-refractivity contribution in [2.24, 2.45) is 5.10 Å². The van der Waals surface area contributed by atoms with Crippen LogP contribution in [-0.4, -0.2) is 31.4 Å². The van der Waals surface area contributed by atoms with Gasteiger partial charge < -0.3 is 0 Å². The molecule has 1 aliphatic carbocycles. The Bertz CT molecular complexity index is 285. The van der Waals surface area contributed by atoms with Crippen molar-refractivity contribution in [3.8, 4) is 0 Å². The standard InChI is InChI=1S/C12H21N2/c1-10-7-6-8-12(11(2)9-10)14(4,5)13-3/h7,9,12H,3,6,8H2,1-2,4-5H3/q+1. The minimum atomic E-state index is 0.473. The van der Waals surface area contributed by atoms with E-state index in [1.54, 1.807) is 0 Å². The number of nitrogens with zero attached hydrogens (tertiary/aromatic N) is 2. The summed E-state index contributed by atoms with van der Waals surface area (Å²) in [6.45, 7) is 8.02. The maximum absolute atomic E-state index is 4.18. The van der Waals surface area contributed by atoms with Crippen molar-refractivity contribution < 1.29 is 4.59 Å². The zero-order valence-corrected chi connectivity index (χ0v) is 9.75. The number of rotatable bonds is 2. The lowest BCUT2D eigenvalue weighted by atomic mass is 10.0. The van der Waals surface area contributed by atoms with E-state index in [2.05, 4.69) is 51.9 Å². The fourth-order valence-electron chi connectivity index (χ4n) is 2.12. The average molecular weight is 193 g/mol. The van der Waals surface area contributed by atoms with E-state index in [9.17, 15) is 0 Å². The van der Waals surface area contributed by atoms with E-state index in [1.165, 1.54) is 11.1 Å². The van der Waals surface area contributed by atoms with Crippen LogP contribution in [0.4, 0.5) is 0 Å². The number of likely N-dealkylation sites (N-methyl/N-ethyl adjacent to an activating group) is 1. The summed E-state index contributed by atoms with van der Waals surface area (Å²) in [5.41, 5.74) is 2.78. The molecule has 14 heavy (non-hydrogen) atoms. The molecular formula is C12H21N2+. The van der Waals surface area contributed by atoms with Gasteiger partial charge in [0.1, 0.15) is 6.04 Å². The number of allylic oxidation sites excluding steroid dienone is 3. The van der Waals surface area contributed by atoms with Crippen LogP contribution in [0.25, 0.3) is 0 Å². The molecule has 2 heteroatoms. The number of hydrogen-bond acceptors (Lipinski definition) is 1. The molecule has 0 N–H and O–H groups in total. The third kappa shape index (κ3) is 2.32. The van der Waals surface area contributed by atoms with E-state index in [1.807, 2.05) is 0 Å². The van der Waals surface area contributed by atoms with Gasteiger partial charge in [0.15, 0.2) is 0 Å². The Kier molecular flexibility index (Phi) is 3.27. The first kappa shape index (κ1) is 11.2. The fraction of sp³-hybridized carbons (Fsp3) is 0.583. The molecule has 1 unspecified atom stereocenters. The second-order valence-electron chi connectivity index (χ2n) is 4.55. The maximum atomic E-state index is 4.18. The van der Waals surface area contributed by atoms with E-state index in [0.29, 0.717) is 10.6 Å². The summed E-state index contributed by atoms with van der Waals surface area (Å²) in [6, 6.07) is 0.473. The minimum Gasteiger partial charge on any atom is -0.197 e. The molecule has 0 amide bonds. The molecule has 0 bridgehead atoms. The average Bonchev–Trinajstić information content (AvgIpc) is 2.27.